The van der Waals surface area contributed by atoms with E-state index in [2.05, 4.69) is 15.4 Å². The standard InChI is InChI=1S/C17H27N3O4S.ClH/c1-3-20-25(22,23)15-6-4-14(5-7-15)16(21)19-12-17(13-24-2)8-10-18-11-9-17;/h4-7,18,20H,3,8-13H2,1-2H3,(H,19,21);1H. The van der Waals surface area contributed by atoms with Crippen LogP contribution in [-0.2, 0) is 14.8 Å². The van der Waals surface area contributed by atoms with E-state index in [0.29, 0.717) is 25.3 Å². The largest absolute Gasteiger partial charge is 0.384 e. The van der Waals surface area contributed by atoms with Crippen LogP contribution in [0.4, 0.5) is 0 Å². The fraction of sp³-hybridized carbons (Fsp3) is 0.588. The summed E-state index contributed by atoms with van der Waals surface area (Å²) >= 11 is 0. The minimum Gasteiger partial charge on any atom is -0.384 e. The number of hydrogen-bond acceptors (Lipinski definition) is 5. The van der Waals surface area contributed by atoms with Gasteiger partial charge in [-0.3, -0.25) is 4.79 Å². The van der Waals surface area contributed by atoms with Gasteiger partial charge >= 0.3 is 0 Å². The van der Waals surface area contributed by atoms with Crippen LogP contribution < -0.4 is 15.4 Å². The number of amides is 1. The number of methoxy groups -OCH3 is 1. The van der Waals surface area contributed by atoms with Crippen molar-refractivity contribution in [2.24, 2.45) is 5.41 Å². The third kappa shape index (κ3) is 5.92. The SMILES string of the molecule is CCNS(=O)(=O)c1ccc(C(=O)NCC2(COC)CCNCC2)cc1.Cl. The summed E-state index contributed by atoms with van der Waals surface area (Å²) < 4.78 is 31.6. The van der Waals surface area contributed by atoms with Crippen LogP contribution in [0.15, 0.2) is 29.2 Å². The van der Waals surface area contributed by atoms with Gasteiger partial charge in [-0.2, -0.15) is 0 Å². The van der Waals surface area contributed by atoms with Crippen molar-refractivity contribution < 1.29 is 17.9 Å². The molecule has 3 N–H and O–H groups in total. The summed E-state index contributed by atoms with van der Waals surface area (Å²) in [6.07, 6.45) is 1.89. The van der Waals surface area contributed by atoms with E-state index < -0.39 is 10.0 Å². The molecule has 9 heteroatoms. The van der Waals surface area contributed by atoms with Gasteiger partial charge in [-0.15, -0.1) is 12.4 Å². The zero-order valence-corrected chi connectivity index (χ0v) is 16.8. The minimum absolute atomic E-state index is 0. The number of halogens is 1. The Labute approximate surface area is 161 Å². The van der Waals surface area contributed by atoms with E-state index in [1.54, 1.807) is 14.0 Å². The maximum Gasteiger partial charge on any atom is 0.251 e. The first kappa shape index (κ1) is 22.9. The van der Waals surface area contributed by atoms with E-state index in [4.69, 9.17) is 4.74 Å². The Hall–Kier alpha value is -1.19. The summed E-state index contributed by atoms with van der Waals surface area (Å²) in [7, 11) is -1.83. The van der Waals surface area contributed by atoms with E-state index in [0.717, 1.165) is 25.9 Å². The Bertz CT molecular complexity index is 668. The van der Waals surface area contributed by atoms with Crippen LogP contribution in [0.1, 0.15) is 30.1 Å². The monoisotopic (exact) mass is 405 g/mol. The molecule has 1 aromatic rings. The minimum atomic E-state index is -3.50. The zero-order valence-electron chi connectivity index (χ0n) is 15.2. The molecule has 0 saturated carbocycles. The van der Waals surface area contributed by atoms with Crippen LogP contribution in [0.3, 0.4) is 0 Å². The van der Waals surface area contributed by atoms with Crippen LogP contribution in [0, 0.1) is 5.41 Å². The average molecular weight is 406 g/mol. The fourth-order valence-electron chi connectivity index (χ4n) is 3.06. The number of carbonyl (C=O) groups is 1. The van der Waals surface area contributed by atoms with E-state index in [1.165, 1.54) is 24.3 Å². The molecule has 2 rings (SSSR count). The molecule has 0 aromatic heterocycles. The van der Waals surface area contributed by atoms with Crippen molar-refractivity contribution in [2.75, 3.05) is 39.9 Å². The molecule has 1 aliphatic rings. The molecular weight excluding hydrogens is 378 g/mol. The highest BCUT2D eigenvalue weighted by molar-refractivity contribution is 7.89. The number of benzene rings is 1. The Morgan fingerprint density at radius 3 is 2.38 bits per heavy atom. The predicted octanol–water partition coefficient (Wildman–Crippen LogP) is 1.15. The molecule has 148 valence electrons. The van der Waals surface area contributed by atoms with Gasteiger partial charge in [-0.1, -0.05) is 6.92 Å². The molecule has 7 nitrogen and oxygen atoms in total. The molecule has 1 heterocycles. The van der Waals surface area contributed by atoms with Gasteiger partial charge in [0.15, 0.2) is 0 Å². The van der Waals surface area contributed by atoms with Gasteiger partial charge in [0.1, 0.15) is 0 Å². The normalized spacial score (nSPS) is 16.5. The van der Waals surface area contributed by atoms with E-state index >= 15 is 0 Å². The third-order valence-corrected chi connectivity index (χ3v) is 6.06. The molecule has 26 heavy (non-hydrogen) atoms. The number of sulfonamides is 1. The molecule has 1 aliphatic heterocycles. The lowest BCUT2D eigenvalue weighted by Gasteiger charge is -2.37. The molecule has 0 aliphatic carbocycles. The molecular formula is C17H28ClN3O4S. The van der Waals surface area contributed by atoms with Gasteiger partial charge in [-0.05, 0) is 50.2 Å². The maximum absolute atomic E-state index is 12.4. The zero-order chi connectivity index (χ0) is 18.3. The van der Waals surface area contributed by atoms with Crippen LogP contribution >= 0.6 is 12.4 Å². The quantitative estimate of drug-likeness (QED) is 0.603. The van der Waals surface area contributed by atoms with E-state index in [9.17, 15) is 13.2 Å². The van der Waals surface area contributed by atoms with Gasteiger partial charge in [0.05, 0.1) is 11.5 Å². The first-order valence-electron chi connectivity index (χ1n) is 8.50. The van der Waals surface area contributed by atoms with Crippen LogP contribution in [-0.4, -0.2) is 54.2 Å². The smallest absolute Gasteiger partial charge is 0.251 e. The summed E-state index contributed by atoms with van der Waals surface area (Å²) in [6, 6.07) is 5.96. The Balaban J connectivity index is 0.00000338. The molecule has 1 aromatic carbocycles. The van der Waals surface area contributed by atoms with Gasteiger partial charge in [0.2, 0.25) is 10.0 Å². The lowest BCUT2D eigenvalue weighted by Crippen LogP contribution is -2.47. The highest BCUT2D eigenvalue weighted by Crippen LogP contribution is 2.28. The second-order valence-electron chi connectivity index (χ2n) is 6.39. The number of carbonyl (C=O) groups excluding carboxylic acids is 1. The second kappa shape index (κ2) is 10.2. The average Bonchev–Trinajstić information content (AvgIpc) is 2.61. The van der Waals surface area contributed by atoms with Crippen molar-refractivity contribution in [3.63, 3.8) is 0 Å². The highest BCUT2D eigenvalue weighted by atomic mass is 35.5. The number of hydrogen-bond donors (Lipinski definition) is 3. The number of rotatable bonds is 8. The third-order valence-electron chi connectivity index (χ3n) is 4.50. The molecule has 0 spiro atoms. The van der Waals surface area contributed by atoms with Gasteiger partial charge in [0, 0.05) is 31.2 Å². The number of nitrogens with one attached hydrogen (secondary N) is 3. The van der Waals surface area contributed by atoms with Crippen LogP contribution in [0.2, 0.25) is 0 Å². The predicted molar refractivity (Wildman–Crippen MR) is 103 cm³/mol. The molecule has 0 atom stereocenters. The summed E-state index contributed by atoms with van der Waals surface area (Å²) in [5, 5.41) is 6.28. The summed E-state index contributed by atoms with van der Waals surface area (Å²) in [5.74, 6) is -0.207. The second-order valence-corrected chi connectivity index (χ2v) is 8.16. The van der Waals surface area contributed by atoms with Crippen molar-refractivity contribution in [3.8, 4) is 0 Å². The van der Waals surface area contributed by atoms with E-state index in [1.807, 2.05) is 0 Å². The summed E-state index contributed by atoms with van der Waals surface area (Å²) in [6.45, 7) is 5.01. The van der Waals surface area contributed by atoms with Crippen molar-refractivity contribution in [2.45, 2.75) is 24.7 Å². The topological polar surface area (TPSA) is 96.5 Å². The Morgan fingerprint density at radius 1 is 1.23 bits per heavy atom. The Kier molecular flexibility index (Phi) is 8.99. The summed E-state index contributed by atoms with van der Waals surface area (Å²) in [4.78, 5) is 12.5. The lowest BCUT2D eigenvalue weighted by atomic mass is 9.79. The first-order valence-corrected chi connectivity index (χ1v) is 9.98. The number of ether oxygens (including phenoxy) is 1. The number of piperidine rings is 1. The first-order chi connectivity index (χ1) is 11.9. The van der Waals surface area contributed by atoms with Gasteiger partial charge < -0.3 is 15.4 Å². The maximum atomic E-state index is 12.4. The van der Waals surface area contributed by atoms with Gasteiger partial charge in [-0.25, -0.2) is 13.1 Å². The molecule has 0 bridgehead atoms. The van der Waals surface area contributed by atoms with Crippen LogP contribution in [0.25, 0.3) is 0 Å². The Morgan fingerprint density at radius 2 is 1.85 bits per heavy atom. The van der Waals surface area contributed by atoms with Crippen molar-refractivity contribution in [1.82, 2.24) is 15.4 Å². The van der Waals surface area contributed by atoms with Crippen molar-refractivity contribution in [3.05, 3.63) is 29.8 Å². The molecule has 0 radical (unpaired) electrons. The summed E-state index contributed by atoms with van der Waals surface area (Å²) in [5.41, 5.74) is 0.390. The fourth-order valence-corrected chi connectivity index (χ4v) is 4.11. The molecule has 1 fully saturated rings. The van der Waals surface area contributed by atoms with Gasteiger partial charge in [0.25, 0.3) is 5.91 Å². The van der Waals surface area contributed by atoms with Crippen molar-refractivity contribution in [1.29, 1.82) is 0 Å². The van der Waals surface area contributed by atoms with Crippen molar-refractivity contribution >= 4 is 28.3 Å². The van der Waals surface area contributed by atoms with Crippen LogP contribution in [0.5, 0.6) is 0 Å². The molecule has 1 saturated heterocycles. The highest BCUT2D eigenvalue weighted by Gasteiger charge is 2.32. The lowest BCUT2D eigenvalue weighted by molar-refractivity contribution is 0.0511. The molecule has 1 amide bonds. The van der Waals surface area contributed by atoms with E-state index in [-0.39, 0.29) is 28.6 Å². The molecule has 0 unspecified atom stereocenters.